The third kappa shape index (κ3) is 5.50. The molecule has 0 fully saturated rings. The zero-order chi connectivity index (χ0) is 28.2. The SMILES string of the molecule is O=C(NC(Cc1c(OCc2ccccc2)ccc2ccccc12)C(=O)O)OCC1c2ccccc2-c2ccccc21. The summed E-state index contributed by atoms with van der Waals surface area (Å²) in [6.07, 6.45) is -0.739. The number of alkyl carbamates (subject to hydrolysis) is 1. The van der Waals surface area contributed by atoms with Crippen molar-refractivity contribution < 1.29 is 24.2 Å². The fourth-order valence-electron chi connectivity index (χ4n) is 5.58. The Hall–Kier alpha value is -5.10. The second kappa shape index (κ2) is 11.6. The summed E-state index contributed by atoms with van der Waals surface area (Å²) in [5, 5.41) is 14.5. The number of carboxylic acids is 1. The van der Waals surface area contributed by atoms with Gasteiger partial charge in [-0.1, -0.05) is 109 Å². The van der Waals surface area contributed by atoms with Crippen LogP contribution in [0.3, 0.4) is 0 Å². The maximum atomic E-state index is 13.0. The predicted molar refractivity (Wildman–Crippen MR) is 158 cm³/mol. The van der Waals surface area contributed by atoms with Gasteiger partial charge in [0.2, 0.25) is 0 Å². The monoisotopic (exact) mass is 543 g/mol. The molecule has 1 amide bonds. The number of rotatable bonds is 9. The van der Waals surface area contributed by atoms with Crippen molar-refractivity contribution in [1.82, 2.24) is 5.32 Å². The standard InChI is InChI=1S/C35H29NO5/c37-34(38)32(36-35(39)41-22-31-28-16-8-6-14-26(28)27-15-7-9-17-29(27)31)20-30-25-13-5-4-12-24(25)18-19-33(30)40-21-23-10-2-1-3-11-23/h1-19,31-32H,20-22H2,(H,36,39)(H,37,38). The molecule has 1 unspecified atom stereocenters. The Bertz CT molecular complexity index is 1670. The van der Waals surface area contributed by atoms with E-state index in [1.807, 2.05) is 103 Å². The molecule has 0 aliphatic heterocycles. The average molecular weight is 544 g/mol. The zero-order valence-electron chi connectivity index (χ0n) is 22.3. The molecule has 6 rings (SSSR count). The van der Waals surface area contributed by atoms with Gasteiger partial charge < -0.3 is 19.9 Å². The topological polar surface area (TPSA) is 84.9 Å². The Labute approximate surface area is 238 Å². The van der Waals surface area contributed by atoms with Crippen LogP contribution in [0.25, 0.3) is 21.9 Å². The third-order valence-corrected chi connectivity index (χ3v) is 7.58. The second-order valence-corrected chi connectivity index (χ2v) is 10.1. The number of nitrogens with one attached hydrogen (secondary N) is 1. The van der Waals surface area contributed by atoms with Crippen LogP contribution in [-0.4, -0.2) is 29.8 Å². The Kier molecular flexibility index (Phi) is 7.37. The van der Waals surface area contributed by atoms with Gasteiger partial charge in [0.15, 0.2) is 0 Å². The van der Waals surface area contributed by atoms with Crippen LogP contribution in [0.2, 0.25) is 0 Å². The van der Waals surface area contributed by atoms with Crippen molar-refractivity contribution >= 4 is 22.8 Å². The van der Waals surface area contributed by atoms with Gasteiger partial charge in [0.05, 0.1) is 0 Å². The maximum Gasteiger partial charge on any atom is 0.407 e. The van der Waals surface area contributed by atoms with Gasteiger partial charge in [-0.3, -0.25) is 0 Å². The molecule has 41 heavy (non-hydrogen) atoms. The molecule has 1 aliphatic carbocycles. The molecule has 204 valence electrons. The molecule has 0 saturated heterocycles. The number of aliphatic carboxylic acids is 1. The molecule has 0 radical (unpaired) electrons. The summed E-state index contributed by atoms with van der Waals surface area (Å²) >= 11 is 0. The number of carbonyl (C=O) groups excluding carboxylic acids is 1. The molecular formula is C35H29NO5. The van der Waals surface area contributed by atoms with Crippen LogP contribution >= 0.6 is 0 Å². The lowest BCUT2D eigenvalue weighted by atomic mass is 9.97. The van der Waals surface area contributed by atoms with Crippen LogP contribution < -0.4 is 10.1 Å². The van der Waals surface area contributed by atoms with Crippen molar-refractivity contribution in [1.29, 1.82) is 0 Å². The van der Waals surface area contributed by atoms with E-state index in [2.05, 4.69) is 17.4 Å². The molecule has 6 heteroatoms. The predicted octanol–water partition coefficient (Wildman–Crippen LogP) is 6.95. The van der Waals surface area contributed by atoms with E-state index in [1.54, 1.807) is 0 Å². The van der Waals surface area contributed by atoms with Gasteiger partial charge >= 0.3 is 12.1 Å². The number of hydrogen-bond donors (Lipinski definition) is 2. The lowest BCUT2D eigenvalue weighted by Gasteiger charge is -2.20. The molecular weight excluding hydrogens is 514 g/mol. The Morgan fingerprint density at radius 1 is 0.756 bits per heavy atom. The van der Waals surface area contributed by atoms with Crippen molar-refractivity contribution in [2.24, 2.45) is 0 Å². The second-order valence-electron chi connectivity index (χ2n) is 10.1. The largest absolute Gasteiger partial charge is 0.489 e. The molecule has 0 saturated carbocycles. The molecule has 5 aromatic rings. The molecule has 5 aromatic carbocycles. The smallest absolute Gasteiger partial charge is 0.407 e. The summed E-state index contributed by atoms with van der Waals surface area (Å²) in [7, 11) is 0. The number of ether oxygens (including phenoxy) is 2. The number of fused-ring (bicyclic) bond motifs is 4. The van der Waals surface area contributed by atoms with E-state index in [9.17, 15) is 14.7 Å². The first kappa shape index (κ1) is 26.1. The summed E-state index contributed by atoms with van der Waals surface area (Å²) in [5.74, 6) is -0.693. The van der Waals surface area contributed by atoms with Crippen LogP contribution in [-0.2, 0) is 22.6 Å². The number of hydrogen-bond acceptors (Lipinski definition) is 4. The number of carbonyl (C=O) groups is 2. The first-order valence-electron chi connectivity index (χ1n) is 13.6. The quantitative estimate of drug-likeness (QED) is 0.210. The van der Waals surface area contributed by atoms with Crippen LogP contribution in [0, 0.1) is 0 Å². The zero-order valence-corrected chi connectivity index (χ0v) is 22.3. The normalized spacial score (nSPS) is 12.8. The number of carboxylic acid groups (broad SMARTS) is 1. The van der Waals surface area contributed by atoms with Crippen molar-refractivity contribution in [3.63, 3.8) is 0 Å². The van der Waals surface area contributed by atoms with E-state index in [0.717, 1.165) is 38.6 Å². The maximum absolute atomic E-state index is 13.0. The van der Waals surface area contributed by atoms with Gasteiger partial charge in [0.25, 0.3) is 0 Å². The highest BCUT2D eigenvalue weighted by Crippen LogP contribution is 2.44. The summed E-state index contributed by atoms with van der Waals surface area (Å²) in [5.41, 5.74) is 6.14. The van der Waals surface area contributed by atoms with Gasteiger partial charge in [-0.15, -0.1) is 0 Å². The third-order valence-electron chi connectivity index (χ3n) is 7.58. The molecule has 6 nitrogen and oxygen atoms in total. The van der Waals surface area contributed by atoms with Crippen LogP contribution in [0.15, 0.2) is 115 Å². The first-order valence-corrected chi connectivity index (χ1v) is 13.6. The molecule has 0 heterocycles. The minimum atomic E-state index is -1.21. The highest BCUT2D eigenvalue weighted by atomic mass is 16.5. The van der Waals surface area contributed by atoms with Gasteiger partial charge in [-0.25, -0.2) is 9.59 Å². The first-order chi connectivity index (χ1) is 20.1. The number of amides is 1. The fourth-order valence-corrected chi connectivity index (χ4v) is 5.58. The molecule has 1 atom stereocenters. The molecule has 0 aromatic heterocycles. The van der Waals surface area contributed by atoms with E-state index in [-0.39, 0.29) is 18.9 Å². The lowest BCUT2D eigenvalue weighted by Crippen LogP contribution is -2.43. The van der Waals surface area contributed by atoms with Gasteiger partial charge in [0, 0.05) is 17.9 Å². The Balaban J connectivity index is 1.19. The highest BCUT2D eigenvalue weighted by molar-refractivity contribution is 5.89. The average Bonchev–Trinajstić information content (AvgIpc) is 3.33. The molecule has 1 aliphatic rings. The Morgan fingerprint density at radius 2 is 1.39 bits per heavy atom. The van der Waals surface area contributed by atoms with Crippen LogP contribution in [0.1, 0.15) is 28.2 Å². The highest BCUT2D eigenvalue weighted by Gasteiger charge is 2.30. The minimum absolute atomic E-state index is 0.0327. The van der Waals surface area contributed by atoms with Gasteiger partial charge in [0.1, 0.15) is 25.0 Å². The van der Waals surface area contributed by atoms with Gasteiger partial charge in [-0.05, 0) is 44.7 Å². The van der Waals surface area contributed by atoms with E-state index in [1.165, 1.54) is 0 Å². The van der Waals surface area contributed by atoms with E-state index >= 15 is 0 Å². The van der Waals surface area contributed by atoms with Crippen molar-refractivity contribution in [2.75, 3.05) is 6.61 Å². The lowest BCUT2D eigenvalue weighted by molar-refractivity contribution is -0.139. The summed E-state index contributed by atoms with van der Waals surface area (Å²) in [6.45, 7) is 0.440. The minimum Gasteiger partial charge on any atom is -0.489 e. The van der Waals surface area contributed by atoms with Crippen molar-refractivity contribution in [2.45, 2.75) is 25.0 Å². The Morgan fingerprint density at radius 3 is 2.10 bits per heavy atom. The van der Waals surface area contributed by atoms with Crippen LogP contribution in [0.4, 0.5) is 4.79 Å². The fraction of sp³-hybridized carbons (Fsp3) is 0.143. The number of benzene rings is 5. The molecule has 2 N–H and O–H groups in total. The van der Waals surface area contributed by atoms with Crippen molar-refractivity contribution in [3.8, 4) is 16.9 Å². The molecule has 0 bridgehead atoms. The van der Waals surface area contributed by atoms with E-state index in [0.29, 0.717) is 17.9 Å². The summed E-state index contributed by atoms with van der Waals surface area (Å²) in [6, 6.07) is 36.2. The van der Waals surface area contributed by atoms with Crippen LogP contribution in [0.5, 0.6) is 5.75 Å². The summed E-state index contributed by atoms with van der Waals surface area (Å²) < 4.78 is 11.8. The van der Waals surface area contributed by atoms with Crippen molar-refractivity contribution in [3.05, 3.63) is 138 Å². The van der Waals surface area contributed by atoms with E-state index < -0.39 is 18.1 Å². The molecule has 0 spiro atoms. The van der Waals surface area contributed by atoms with E-state index in [4.69, 9.17) is 9.47 Å². The summed E-state index contributed by atoms with van der Waals surface area (Å²) in [4.78, 5) is 25.3. The van der Waals surface area contributed by atoms with Gasteiger partial charge in [-0.2, -0.15) is 0 Å².